The first-order chi connectivity index (χ1) is 41.5. The van der Waals surface area contributed by atoms with Crippen molar-refractivity contribution < 1.29 is 32.9 Å². The zero-order valence-electron chi connectivity index (χ0n) is 57.4. The SMILES string of the molecule is CC/C=C\C/C=C\C/C=C\C/C=C\C/C=C\CCCCCCCCCCCCCCCCCCCCCC(=O)NC(COP(=O)(O)OCC[N+](C)(C)C)C(O)CCCCCCCCCCCCCCCCCCCCCCCCCCCCCC. The first-order valence-electron chi connectivity index (χ1n) is 37.2. The van der Waals surface area contributed by atoms with Crippen molar-refractivity contribution in [2.75, 3.05) is 40.9 Å². The van der Waals surface area contributed by atoms with E-state index < -0.39 is 20.0 Å². The highest BCUT2D eigenvalue weighted by molar-refractivity contribution is 7.47. The van der Waals surface area contributed by atoms with Crippen LogP contribution in [-0.4, -0.2) is 73.4 Å². The minimum atomic E-state index is -4.33. The molecule has 0 aromatic rings. The molecule has 0 aliphatic heterocycles. The fourth-order valence-corrected chi connectivity index (χ4v) is 12.1. The Hall–Kier alpha value is -1.80. The molecule has 8 nitrogen and oxygen atoms in total. The predicted molar refractivity (Wildman–Crippen MR) is 374 cm³/mol. The Labute approximate surface area is 530 Å². The van der Waals surface area contributed by atoms with Crippen LogP contribution in [0.25, 0.3) is 0 Å². The van der Waals surface area contributed by atoms with E-state index in [-0.39, 0.29) is 19.1 Å². The number of phosphoric ester groups is 1. The number of aliphatic hydroxyl groups is 1. The number of phosphoric acid groups is 1. The lowest BCUT2D eigenvalue weighted by atomic mass is 10.0. The Morgan fingerprint density at radius 1 is 0.412 bits per heavy atom. The summed E-state index contributed by atoms with van der Waals surface area (Å²) < 4.78 is 23.9. The van der Waals surface area contributed by atoms with Crippen molar-refractivity contribution in [3.05, 3.63) is 60.8 Å². The molecule has 85 heavy (non-hydrogen) atoms. The van der Waals surface area contributed by atoms with Crippen molar-refractivity contribution in [3.8, 4) is 0 Å². The zero-order valence-corrected chi connectivity index (χ0v) is 58.3. The van der Waals surface area contributed by atoms with Crippen LogP contribution < -0.4 is 5.32 Å². The molecular weight excluding hydrogens is 1070 g/mol. The van der Waals surface area contributed by atoms with Gasteiger partial charge in [0.25, 0.3) is 0 Å². The Balaban J connectivity index is 3.97. The number of carbonyl (C=O) groups is 1. The summed E-state index contributed by atoms with van der Waals surface area (Å²) in [6.07, 6.45) is 92.0. The number of carbonyl (C=O) groups excluding carboxylic acids is 1. The number of rotatable bonds is 69. The number of hydrogen-bond acceptors (Lipinski definition) is 5. The summed E-state index contributed by atoms with van der Waals surface area (Å²) >= 11 is 0. The Morgan fingerprint density at radius 3 is 1.04 bits per heavy atom. The number of nitrogens with one attached hydrogen (secondary N) is 1. The van der Waals surface area contributed by atoms with Crippen LogP contribution in [0.4, 0.5) is 0 Å². The third kappa shape index (κ3) is 69.5. The molecule has 500 valence electrons. The minimum Gasteiger partial charge on any atom is -0.391 e. The van der Waals surface area contributed by atoms with Crippen molar-refractivity contribution in [1.82, 2.24) is 5.32 Å². The molecular formula is C76H146N2O6P+. The number of quaternary nitrogens is 1. The van der Waals surface area contributed by atoms with Crippen molar-refractivity contribution >= 4 is 13.7 Å². The first kappa shape index (κ1) is 83.2. The number of allylic oxidation sites excluding steroid dienone is 10. The molecule has 0 spiro atoms. The van der Waals surface area contributed by atoms with E-state index in [1.54, 1.807) is 0 Å². The molecule has 0 aromatic heterocycles. The highest BCUT2D eigenvalue weighted by Crippen LogP contribution is 2.43. The number of hydrogen-bond donors (Lipinski definition) is 3. The Morgan fingerprint density at radius 2 is 0.706 bits per heavy atom. The summed E-state index contributed by atoms with van der Waals surface area (Å²) in [6.45, 7) is 4.83. The molecule has 0 bridgehead atoms. The number of aliphatic hydroxyl groups excluding tert-OH is 1. The van der Waals surface area contributed by atoms with E-state index in [1.165, 1.54) is 270 Å². The van der Waals surface area contributed by atoms with Crippen LogP contribution in [0.15, 0.2) is 60.8 Å². The fourth-order valence-electron chi connectivity index (χ4n) is 11.3. The highest BCUT2D eigenvalue weighted by Gasteiger charge is 2.28. The maximum Gasteiger partial charge on any atom is 0.472 e. The van der Waals surface area contributed by atoms with Crippen LogP contribution in [0.5, 0.6) is 0 Å². The number of unbranched alkanes of at least 4 members (excludes halogenated alkanes) is 46. The summed E-state index contributed by atoms with van der Waals surface area (Å²) in [4.78, 5) is 23.5. The van der Waals surface area contributed by atoms with E-state index in [4.69, 9.17) is 9.05 Å². The van der Waals surface area contributed by atoms with Gasteiger partial charge in [-0.15, -0.1) is 0 Å². The molecule has 3 atom stereocenters. The van der Waals surface area contributed by atoms with Crippen molar-refractivity contribution in [1.29, 1.82) is 0 Å². The molecule has 3 unspecified atom stereocenters. The summed E-state index contributed by atoms with van der Waals surface area (Å²) in [5.74, 6) is -0.138. The summed E-state index contributed by atoms with van der Waals surface area (Å²) in [5.41, 5.74) is 0. The van der Waals surface area contributed by atoms with Crippen LogP contribution in [0.1, 0.15) is 367 Å². The van der Waals surface area contributed by atoms with Crippen LogP contribution in [0.3, 0.4) is 0 Å². The third-order valence-corrected chi connectivity index (χ3v) is 18.0. The van der Waals surface area contributed by atoms with E-state index in [1.807, 2.05) is 21.1 Å². The molecule has 0 aliphatic rings. The summed E-state index contributed by atoms with van der Waals surface area (Å²) in [5, 5.41) is 14.2. The molecule has 0 fully saturated rings. The van der Waals surface area contributed by atoms with Gasteiger partial charge in [0.05, 0.1) is 39.9 Å². The van der Waals surface area contributed by atoms with Crippen molar-refractivity contribution in [2.45, 2.75) is 379 Å². The van der Waals surface area contributed by atoms with E-state index in [0.29, 0.717) is 23.9 Å². The fraction of sp³-hybridized carbons (Fsp3) is 0.855. The largest absolute Gasteiger partial charge is 0.472 e. The zero-order chi connectivity index (χ0) is 61.9. The molecule has 1 amide bonds. The monoisotopic (exact) mass is 1210 g/mol. The van der Waals surface area contributed by atoms with Gasteiger partial charge >= 0.3 is 7.82 Å². The average molecular weight is 1210 g/mol. The van der Waals surface area contributed by atoms with Crippen molar-refractivity contribution in [3.63, 3.8) is 0 Å². The predicted octanol–water partition coefficient (Wildman–Crippen LogP) is 23.9. The lowest BCUT2D eigenvalue weighted by Gasteiger charge is -2.26. The van der Waals surface area contributed by atoms with E-state index in [2.05, 4.69) is 79.9 Å². The molecule has 0 heterocycles. The molecule has 3 N–H and O–H groups in total. The van der Waals surface area contributed by atoms with Crippen LogP contribution in [0.2, 0.25) is 0 Å². The topological polar surface area (TPSA) is 105 Å². The van der Waals surface area contributed by atoms with E-state index in [9.17, 15) is 19.4 Å². The molecule has 9 heteroatoms. The van der Waals surface area contributed by atoms with E-state index >= 15 is 0 Å². The van der Waals surface area contributed by atoms with Gasteiger partial charge in [-0.05, 0) is 57.8 Å². The van der Waals surface area contributed by atoms with Crippen LogP contribution in [-0.2, 0) is 18.4 Å². The smallest absolute Gasteiger partial charge is 0.391 e. The second-order valence-corrected chi connectivity index (χ2v) is 28.1. The third-order valence-electron chi connectivity index (χ3n) is 17.0. The second kappa shape index (κ2) is 66.6. The van der Waals surface area contributed by atoms with Gasteiger partial charge < -0.3 is 19.8 Å². The molecule has 0 aliphatic carbocycles. The number of nitrogens with zero attached hydrogens (tertiary/aromatic N) is 1. The molecule has 0 saturated heterocycles. The van der Waals surface area contributed by atoms with Gasteiger partial charge in [-0.1, -0.05) is 364 Å². The van der Waals surface area contributed by atoms with Crippen LogP contribution in [0, 0.1) is 0 Å². The maximum atomic E-state index is 13.1. The highest BCUT2D eigenvalue weighted by atomic mass is 31.2. The number of likely N-dealkylation sites (N-methyl/N-ethyl adjacent to an activating group) is 1. The lowest BCUT2D eigenvalue weighted by Crippen LogP contribution is -2.46. The van der Waals surface area contributed by atoms with Crippen molar-refractivity contribution in [2.24, 2.45) is 0 Å². The normalized spacial score (nSPS) is 13.9. The number of amides is 1. The minimum absolute atomic E-state index is 0.0757. The Kier molecular flexibility index (Phi) is 65.2. The molecule has 0 saturated carbocycles. The summed E-state index contributed by atoms with van der Waals surface area (Å²) in [6, 6.07) is -0.763. The van der Waals surface area contributed by atoms with Gasteiger partial charge in [-0.25, -0.2) is 4.57 Å². The molecule has 0 rings (SSSR count). The summed E-state index contributed by atoms with van der Waals surface area (Å²) in [7, 11) is 1.63. The quantitative estimate of drug-likeness (QED) is 0.0243. The Bertz CT molecular complexity index is 1570. The maximum absolute atomic E-state index is 13.1. The van der Waals surface area contributed by atoms with E-state index in [0.717, 1.165) is 70.6 Å². The van der Waals surface area contributed by atoms with Gasteiger partial charge in [-0.2, -0.15) is 0 Å². The van der Waals surface area contributed by atoms with Gasteiger partial charge in [0.15, 0.2) is 0 Å². The lowest BCUT2D eigenvalue weighted by molar-refractivity contribution is -0.870. The van der Waals surface area contributed by atoms with Gasteiger partial charge in [0, 0.05) is 6.42 Å². The average Bonchev–Trinajstić information content (AvgIpc) is 3.48. The van der Waals surface area contributed by atoms with Gasteiger partial charge in [0.2, 0.25) is 5.91 Å². The first-order valence-corrected chi connectivity index (χ1v) is 38.6. The van der Waals surface area contributed by atoms with Gasteiger partial charge in [-0.3, -0.25) is 13.8 Å². The van der Waals surface area contributed by atoms with Gasteiger partial charge in [0.1, 0.15) is 13.2 Å². The van der Waals surface area contributed by atoms with Crippen LogP contribution >= 0.6 is 7.82 Å². The second-order valence-electron chi connectivity index (χ2n) is 26.7. The molecule has 0 aromatic carbocycles. The standard InChI is InChI=1S/C76H145N2O6P/c1-6-8-10-12-14-16-18-20-22-24-26-28-30-32-34-36-37-38-39-40-41-42-44-46-48-50-52-54-56-58-60-62-64-66-68-70-76(80)77-74(73-84-85(81,82)83-72-71-78(3,4)5)75(79)69-67-65-63-61-59-57-55-53-51-49-47-45-43-35-33-31-29-27-25-23-21-19-17-15-13-11-9-7-2/h8,10,14,16,20,22,26,28,32,34,74-75,79H,6-7,9,11-13,15,17-19,21,23-25,27,29-31,33,35-73H2,1-5H3,(H-,77,80,81,82)/p+1/b10-8-,16-14-,22-20-,28-26-,34-32-. The molecule has 0 radical (unpaired) electrons.